The highest BCUT2D eigenvalue weighted by atomic mass is 127. The van der Waals surface area contributed by atoms with Crippen LogP contribution >= 0.6 is 35.0 Å². The van der Waals surface area contributed by atoms with Crippen LogP contribution in [0.5, 0.6) is 11.5 Å². The predicted molar refractivity (Wildman–Crippen MR) is 122 cm³/mol. The first-order valence-corrected chi connectivity index (χ1v) is 9.54. The summed E-state index contributed by atoms with van der Waals surface area (Å²) in [4.78, 5) is 2.30. The zero-order valence-corrected chi connectivity index (χ0v) is 17.6. The number of hydrogen-bond acceptors (Lipinski definition) is 4. The van der Waals surface area contributed by atoms with Gasteiger partial charge in [0.05, 0.1) is 11.4 Å². The lowest BCUT2D eigenvalue weighted by molar-refractivity contribution is 0.482. The Morgan fingerprint density at radius 2 is 1.77 bits per heavy atom. The Labute approximate surface area is 173 Å². The van der Waals surface area contributed by atoms with Gasteiger partial charge in [0.15, 0.2) is 11.5 Å². The van der Waals surface area contributed by atoms with Gasteiger partial charge in [0, 0.05) is 50.9 Å². The zero-order valence-electron chi connectivity index (χ0n) is 14.7. The van der Waals surface area contributed by atoms with E-state index in [4.69, 9.17) is 10.5 Å². The first kappa shape index (κ1) is 18.9. The standard InChI is InChI=1S/C20H20IN3O.ClH/c1-3-24(4-2)13-6-8-17-18(10-13)25-19-11-16(22)14-7-5-12(21)9-15(14)20(19)23-17;/h5-11,23H,3-4,22H2,1-2H3;1H. The molecule has 0 aliphatic carbocycles. The second-order valence-corrected chi connectivity index (χ2v) is 7.35. The Morgan fingerprint density at radius 3 is 2.50 bits per heavy atom. The summed E-state index contributed by atoms with van der Waals surface area (Å²) >= 11 is 2.32. The molecule has 1 heterocycles. The molecule has 1 aliphatic heterocycles. The first-order chi connectivity index (χ1) is 12.1. The van der Waals surface area contributed by atoms with E-state index in [1.165, 1.54) is 3.57 Å². The topological polar surface area (TPSA) is 50.5 Å². The fraction of sp³-hybridized carbons (Fsp3) is 0.200. The molecule has 0 saturated heterocycles. The van der Waals surface area contributed by atoms with Crippen molar-refractivity contribution in [2.45, 2.75) is 13.8 Å². The third-order valence-corrected chi connectivity index (χ3v) is 5.34. The first-order valence-electron chi connectivity index (χ1n) is 8.46. The van der Waals surface area contributed by atoms with E-state index < -0.39 is 0 Å². The van der Waals surface area contributed by atoms with Crippen molar-refractivity contribution >= 4 is 68.5 Å². The van der Waals surface area contributed by atoms with Gasteiger partial charge in [-0.2, -0.15) is 0 Å². The Hall–Kier alpha value is -1.86. The van der Waals surface area contributed by atoms with Crippen LogP contribution in [0.1, 0.15) is 13.8 Å². The predicted octanol–water partition coefficient (Wildman–Crippen LogP) is 6.14. The van der Waals surface area contributed by atoms with Crippen LogP contribution < -0.4 is 20.7 Å². The molecule has 0 atom stereocenters. The van der Waals surface area contributed by atoms with Gasteiger partial charge in [-0.3, -0.25) is 0 Å². The fourth-order valence-corrected chi connectivity index (χ4v) is 3.84. The van der Waals surface area contributed by atoms with Crippen LogP contribution in [-0.2, 0) is 0 Å². The monoisotopic (exact) mass is 481 g/mol. The molecule has 3 aromatic carbocycles. The molecule has 0 fully saturated rings. The number of benzene rings is 3. The third-order valence-electron chi connectivity index (χ3n) is 4.67. The number of fused-ring (bicyclic) bond motifs is 4. The summed E-state index contributed by atoms with van der Waals surface area (Å²) in [6.45, 7) is 6.25. The number of nitrogen functional groups attached to an aromatic ring is 1. The minimum atomic E-state index is 0. The van der Waals surface area contributed by atoms with E-state index in [1.807, 2.05) is 6.07 Å². The van der Waals surface area contributed by atoms with Gasteiger partial charge in [0.25, 0.3) is 0 Å². The molecular formula is C20H21ClIN3O. The SMILES string of the molecule is CCN(CC)c1ccc2c(c1)Oc1cc(N)c3ccc(I)cc3c1N2.Cl. The van der Waals surface area contributed by atoms with Crippen molar-refractivity contribution in [2.75, 3.05) is 29.0 Å². The fourth-order valence-electron chi connectivity index (χ4n) is 3.35. The second-order valence-electron chi connectivity index (χ2n) is 6.11. The number of halogens is 2. The van der Waals surface area contributed by atoms with E-state index in [1.54, 1.807) is 0 Å². The lowest BCUT2D eigenvalue weighted by Gasteiger charge is -2.27. The maximum Gasteiger partial charge on any atom is 0.153 e. The molecule has 6 heteroatoms. The Morgan fingerprint density at radius 1 is 1.00 bits per heavy atom. The Kier molecular flexibility index (Phi) is 5.39. The molecule has 0 spiro atoms. The summed E-state index contributed by atoms with van der Waals surface area (Å²) in [6.07, 6.45) is 0. The number of hydrogen-bond donors (Lipinski definition) is 2. The Bertz CT molecular complexity index is 973. The summed E-state index contributed by atoms with van der Waals surface area (Å²) < 4.78 is 7.38. The third kappa shape index (κ3) is 3.14. The van der Waals surface area contributed by atoms with Crippen LogP contribution in [0.4, 0.5) is 22.7 Å². The van der Waals surface area contributed by atoms with Gasteiger partial charge in [0.2, 0.25) is 0 Å². The number of rotatable bonds is 3. The molecule has 4 nitrogen and oxygen atoms in total. The highest BCUT2D eigenvalue weighted by Gasteiger charge is 2.21. The molecule has 0 unspecified atom stereocenters. The number of nitrogens with one attached hydrogen (secondary N) is 1. The quantitative estimate of drug-likeness (QED) is 0.272. The van der Waals surface area contributed by atoms with Crippen LogP contribution in [0.25, 0.3) is 10.8 Å². The average Bonchev–Trinajstić information content (AvgIpc) is 2.61. The molecular weight excluding hydrogens is 461 g/mol. The molecule has 26 heavy (non-hydrogen) atoms. The molecule has 0 saturated carbocycles. The van der Waals surface area contributed by atoms with E-state index in [-0.39, 0.29) is 12.4 Å². The largest absolute Gasteiger partial charge is 0.453 e. The van der Waals surface area contributed by atoms with E-state index in [2.05, 4.69) is 83.1 Å². The Balaban J connectivity index is 0.00000196. The van der Waals surface area contributed by atoms with Crippen molar-refractivity contribution in [1.82, 2.24) is 0 Å². The normalized spacial score (nSPS) is 11.7. The molecule has 4 rings (SSSR count). The van der Waals surface area contributed by atoms with E-state index >= 15 is 0 Å². The van der Waals surface area contributed by atoms with E-state index in [0.717, 1.165) is 58.1 Å². The van der Waals surface area contributed by atoms with Crippen LogP contribution in [0.15, 0.2) is 42.5 Å². The highest BCUT2D eigenvalue weighted by Crippen LogP contribution is 2.48. The summed E-state index contributed by atoms with van der Waals surface area (Å²) in [6, 6.07) is 14.5. The molecule has 0 radical (unpaired) electrons. The molecule has 0 bridgehead atoms. The van der Waals surface area contributed by atoms with Gasteiger partial charge < -0.3 is 20.7 Å². The van der Waals surface area contributed by atoms with Crippen LogP contribution in [-0.4, -0.2) is 13.1 Å². The second kappa shape index (κ2) is 7.40. The number of anilines is 4. The van der Waals surface area contributed by atoms with Crippen LogP contribution in [0.2, 0.25) is 0 Å². The minimum Gasteiger partial charge on any atom is -0.453 e. The van der Waals surface area contributed by atoms with Gasteiger partial charge in [-0.1, -0.05) is 6.07 Å². The molecule has 1 aliphatic rings. The smallest absolute Gasteiger partial charge is 0.153 e. The minimum absolute atomic E-state index is 0. The van der Waals surface area contributed by atoms with Gasteiger partial charge in [-0.05, 0) is 60.7 Å². The molecule has 0 amide bonds. The van der Waals surface area contributed by atoms with Crippen molar-refractivity contribution in [3.05, 3.63) is 46.0 Å². The zero-order chi connectivity index (χ0) is 17.6. The molecule has 3 N–H and O–H groups in total. The lowest BCUT2D eigenvalue weighted by atomic mass is 10.0. The van der Waals surface area contributed by atoms with Gasteiger partial charge in [-0.25, -0.2) is 0 Å². The maximum absolute atomic E-state index is 6.25. The van der Waals surface area contributed by atoms with E-state index in [9.17, 15) is 0 Å². The summed E-state index contributed by atoms with van der Waals surface area (Å²) in [5.74, 6) is 1.61. The molecule has 136 valence electrons. The van der Waals surface area contributed by atoms with Gasteiger partial charge in [0.1, 0.15) is 0 Å². The van der Waals surface area contributed by atoms with Gasteiger partial charge in [-0.15, -0.1) is 12.4 Å². The highest BCUT2D eigenvalue weighted by molar-refractivity contribution is 14.1. The van der Waals surface area contributed by atoms with Crippen LogP contribution in [0.3, 0.4) is 0 Å². The van der Waals surface area contributed by atoms with Crippen molar-refractivity contribution in [3.8, 4) is 11.5 Å². The number of ether oxygens (including phenoxy) is 1. The van der Waals surface area contributed by atoms with Crippen molar-refractivity contribution in [1.29, 1.82) is 0 Å². The van der Waals surface area contributed by atoms with Crippen LogP contribution in [0, 0.1) is 3.57 Å². The summed E-state index contributed by atoms with van der Waals surface area (Å²) in [5.41, 5.74) is 10.1. The van der Waals surface area contributed by atoms with Crippen molar-refractivity contribution in [3.63, 3.8) is 0 Å². The van der Waals surface area contributed by atoms with Crippen molar-refractivity contribution in [2.24, 2.45) is 0 Å². The lowest BCUT2D eigenvalue weighted by Crippen LogP contribution is -2.21. The number of nitrogens with two attached hydrogens (primary N) is 1. The summed E-state index contributed by atoms with van der Waals surface area (Å²) in [7, 11) is 0. The van der Waals surface area contributed by atoms with Gasteiger partial charge >= 0.3 is 0 Å². The summed E-state index contributed by atoms with van der Waals surface area (Å²) in [5, 5.41) is 5.66. The average molecular weight is 482 g/mol. The number of nitrogens with zero attached hydrogens (tertiary/aromatic N) is 1. The molecule has 3 aromatic rings. The maximum atomic E-state index is 6.25. The van der Waals surface area contributed by atoms with E-state index in [0.29, 0.717) is 0 Å². The molecule has 0 aromatic heterocycles. The van der Waals surface area contributed by atoms with Crippen molar-refractivity contribution < 1.29 is 4.74 Å².